The fourth-order valence-electron chi connectivity index (χ4n) is 2.61. The topological polar surface area (TPSA) is 87.7 Å². The third-order valence-corrected chi connectivity index (χ3v) is 3.80. The molecule has 2 N–H and O–H groups in total. The van der Waals surface area contributed by atoms with E-state index in [2.05, 4.69) is 0 Å². The van der Waals surface area contributed by atoms with Crippen molar-refractivity contribution >= 4 is 17.9 Å². The fourth-order valence-corrected chi connectivity index (χ4v) is 2.61. The molecule has 1 heterocycles. The number of rotatable bonds is 1. The minimum Gasteiger partial charge on any atom is -0.444 e. The Morgan fingerprint density at radius 3 is 2.30 bits per heavy atom. The van der Waals surface area contributed by atoms with Crippen LogP contribution in [0.5, 0.6) is 0 Å². The quantitative estimate of drug-likeness (QED) is 0.698. The number of carbonyl (C=O) groups is 3. The highest BCUT2D eigenvalue weighted by Crippen LogP contribution is 2.57. The lowest BCUT2D eigenvalue weighted by Gasteiger charge is -2.26. The van der Waals surface area contributed by atoms with Gasteiger partial charge < -0.3 is 9.64 Å². The van der Waals surface area contributed by atoms with Crippen molar-refractivity contribution in [2.24, 2.45) is 11.3 Å². The number of fused-ring (bicyclic) bond motifs is 1. The molecule has 2 fully saturated rings. The Labute approximate surface area is 130 Å². The maximum absolute atomic E-state index is 12.1. The molecule has 2 unspecified atom stereocenters. The molecular formula is C13H18F3N3O4. The molecule has 1 aliphatic carbocycles. The van der Waals surface area contributed by atoms with Gasteiger partial charge in [-0.15, -0.1) is 0 Å². The predicted octanol–water partition coefficient (Wildman–Crippen LogP) is 0.953. The van der Waals surface area contributed by atoms with Gasteiger partial charge in [-0.2, -0.15) is 13.2 Å². The molecule has 130 valence electrons. The van der Waals surface area contributed by atoms with Crippen LogP contribution >= 0.6 is 0 Å². The molecule has 2 atom stereocenters. The largest absolute Gasteiger partial charge is 0.472 e. The normalized spacial score (nSPS) is 26.3. The predicted molar refractivity (Wildman–Crippen MR) is 70.7 cm³/mol. The van der Waals surface area contributed by atoms with E-state index >= 15 is 0 Å². The highest BCUT2D eigenvalue weighted by Gasteiger charge is 2.66. The summed E-state index contributed by atoms with van der Waals surface area (Å²) in [5.74, 6) is -3.12. The summed E-state index contributed by atoms with van der Waals surface area (Å²) < 4.78 is 41.4. The van der Waals surface area contributed by atoms with Crippen molar-refractivity contribution in [3.05, 3.63) is 0 Å². The van der Waals surface area contributed by atoms with Crippen LogP contribution in [0.2, 0.25) is 0 Å². The summed E-state index contributed by atoms with van der Waals surface area (Å²) in [5, 5.41) is 0. The Balaban J connectivity index is 1.89. The maximum atomic E-state index is 12.1. The second kappa shape index (κ2) is 5.27. The van der Waals surface area contributed by atoms with E-state index in [9.17, 15) is 27.6 Å². The molecule has 1 saturated carbocycles. The number of ether oxygens (including phenoxy) is 1. The van der Waals surface area contributed by atoms with Crippen molar-refractivity contribution < 1.29 is 32.3 Å². The van der Waals surface area contributed by atoms with E-state index in [1.54, 1.807) is 26.2 Å². The molecule has 10 heteroatoms. The zero-order valence-corrected chi connectivity index (χ0v) is 12.9. The Kier molecular flexibility index (Phi) is 3.98. The van der Waals surface area contributed by atoms with Crippen LogP contribution in [0.3, 0.4) is 0 Å². The number of likely N-dealkylation sites (tertiary alicyclic amines) is 1. The average molecular weight is 337 g/mol. The van der Waals surface area contributed by atoms with Crippen molar-refractivity contribution in [3.8, 4) is 0 Å². The van der Waals surface area contributed by atoms with Crippen molar-refractivity contribution in [2.75, 3.05) is 13.1 Å². The van der Waals surface area contributed by atoms with Crippen LogP contribution in [-0.4, -0.2) is 47.7 Å². The summed E-state index contributed by atoms with van der Waals surface area (Å²) in [6, 6.07) is 0. The summed E-state index contributed by atoms with van der Waals surface area (Å²) in [4.78, 5) is 36.0. The number of amides is 3. The standard InChI is InChI=1S/C13H18F3N3O4/c1-11(2,3)23-10(22)19-5-7-4-12(7,6-19)8(20)17-18-9(21)13(14,15)16/h7H,4-6H2,1-3H3,(H,17,20)(H,18,21). The maximum Gasteiger partial charge on any atom is 0.472 e. The number of alkyl halides is 3. The minimum atomic E-state index is -5.08. The Morgan fingerprint density at radius 1 is 1.17 bits per heavy atom. The van der Waals surface area contributed by atoms with E-state index in [1.807, 2.05) is 0 Å². The van der Waals surface area contributed by atoms with E-state index < -0.39 is 35.1 Å². The van der Waals surface area contributed by atoms with Crippen molar-refractivity contribution in [1.82, 2.24) is 15.8 Å². The molecular weight excluding hydrogens is 319 g/mol. The molecule has 1 aliphatic heterocycles. The lowest BCUT2D eigenvalue weighted by molar-refractivity contribution is -0.175. The number of halogens is 3. The summed E-state index contributed by atoms with van der Waals surface area (Å²) in [6.07, 6.45) is -5.19. The van der Waals surface area contributed by atoms with Gasteiger partial charge in [-0.3, -0.25) is 20.4 Å². The van der Waals surface area contributed by atoms with Crippen molar-refractivity contribution in [3.63, 3.8) is 0 Å². The van der Waals surface area contributed by atoms with Gasteiger partial charge in [-0.25, -0.2) is 4.79 Å². The van der Waals surface area contributed by atoms with Gasteiger partial charge in [-0.1, -0.05) is 0 Å². The molecule has 7 nitrogen and oxygen atoms in total. The van der Waals surface area contributed by atoms with Gasteiger partial charge in [0.1, 0.15) is 5.60 Å². The van der Waals surface area contributed by atoms with Crippen LogP contribution in [0.4, 0.5) is 18.0 Å². The van der Waals surface area contributed by atoms with Crippen LogP contribution in [0.25, 0.3) is 0 Å². The van der Waals surface area contributed by atoms with E-state index in [0.717, 1.165) is 0 Å². The highest BCUT2D eigenvalue weighted by molar-refractivity contribution is 5.91. The number of carbonyl (C=O) groups excluding carboxylic acids is 3. The van der Waals surface area contributed by atoms with Gasteiger partial charge >= 0.3 is 18.2 Å². The Hall–Kier alpha value is -2.00. The number of hydrazine groups is 1. The molecule has 0 spiro atoms. The van der Waals surface area contributed by atoms with Crippen LogP contribution in [0.1, 0.15) is 27.2 Å². The lowest BCUT2D eigenvalue weighted by Crippen LogP contribution is -2.51. The molecule has 2 aliphatic rings. The Morgan fingerprint density at radius 2 is 1.78 bits per heavy atom. The smallest absolute Gasteiger partial charge is 0.444 e. The molecule has 0 aromatic carbocycles. The van der Waals surface area contributed by atoms with Crippen molar-refractivity contribution in [2.45, 2.75) is 39.0 Å². The number of nitrogens with one attached hydrogen (secondary N) is 2. The molecule has 2 rings (SSSR count). The molecule has 0 bridgehead atoms. The van der Waals surface area contributed by atoms with Gasteiger partial charge in [0.25, 0.3) is 0 Å². The minimum absolute atomic E-state index is 0.0559. The van der Waals surface area contributed by atoms with Gasteiger partial charge in [0.05, 0.1) is 5.41 Å². The van der Waals surface area contributed by atoms with Crippen LogP contribution in [0.15, 0.2) is 0 Å². The van der Waals surface area contributed by atoms with Gasteiger partial charge in [0.15, 0.2) is 0 Å². The van der Waals surface area contributed by atoms with Gasteiger partial charge in [-0.05, 0) is 33.1 Å². The summed E-state index contributed by atoms with van der Waals surface area (Å²) >= 11 is 0. The van der Waals surface area contributed by atoms with E-state index in [-0.39, 0.29) is 12.5 Å². The molecule has 0 aromatic heterocycles. The molecule has 0 aromatic rings. The third kappa shape index (κ3) is 3.67. The molecule has 3 amide bonds. The summed E-state index contributed by atoms with van der Waals surface area (Å²) in [6.45, 7) is 5.47. The number of piperidine rings is 1. The van der Waals surface area contributed by atoms with Crippen molar-refractivity contribution in [1.29, 1.82) is 0 Å². The summed E-state index contributed by atoms with van der Waals surface area (Å²) in [5.41, 5.74) is 1.49. The molecule has 23 heavy (non-hydrogen) atoms. The lowest BCUT2D eigenvalue weighted by atomic mass is 10.1. The number of hydrogen-bond acceptors (Lipinski definition) is 4. The first kappa shape index (κ1) is 17.4. The SMILES string of the molecule is CC(C)(C)OC(=O)N1CC2CC2(C(=O)NNC(=O)C(F)(F)F)C1. The number of nitrogens with zero attached hydrogens (tertiary/aromatic N) is 1. The first-order valence-electron chi connectivity index (χ1n) is 7.01. The fraction of sp³-hybridized carbons (Fsp3) is 0.769. The number of hydrogen-bond donors (Lipinski definition) is 2. The zero-order valence-electron chi connectivity index (χ0n) is 12.9. The Bertz CT molecular complexity index is 544. The van der Waals surface area contributed by atoms with E-state index in [1.165, 1.54) is 10.3 Å². The van der Waals surface area contributed by atoms with Gasteiger partial charge in [0.2, 0.25) is 5.91 Å². The third-order valence-electron chi connectivity index (χ3n) is 3.80. The van der Waals surface area contributed by atoms with E-state index in [0.29, 0.717) is 13.0 Å². The van der Waals surface area contributed by atoms with Crippen LogP contribution in [-0.2, 0) is 14.3 Å². The van der Waals surface area contributed by atoms with Crippen LogP contribution < -0.4 is 10.9 Å². The highest BCUT2D eigenvalue weighted by atomic mass is 19.4. The zero-order chi connectivity index (χ0) is 17.6. The monoisotopic (exact) mass is 337 g/mol. The average Bonchev–Trinajstić information content (AvgIpc) is 2.95. The second-order valence-electron chi connectivity index (χ2n) is 6.82. The molecule has 0 radical (unpaired) electrons. The van der Waals surface area contributed by atoms with Gasteiger partial charge in [0, 0.05) is 13.1 Å². The summed E-state index contributed by atoms with van der Waals surface area (Å²) in [7, 11) is 0. The van der Waals surface area contributed by atoms with E-state index in [4.69, 9.17) is 4.74 Å². The first-order chi connectivity index (χ1) is 10.3. The second-order valence-corrected chi connectivity index (χ2v) is 6.82. The van der Waals surface area contributed by atoms with Crippen LogP contribution in [0, 0.1) is 11.3 Å². The first-order valence-corrected chi connectivity index (χ1v) is 7.01. The molecule has 1 saturated heterocycles.